The quantitative estimate of drug-likeness (QED) is 0.798. The minimum Gasteiger partial charge on any atom is -0.476 e. The summed E-state index contributed by atoms with van der Waals surface area (Å²) in [6, 6.07) is 5.48. The van der Waals surface area contributed by atoms with Gasteiger partial charge in [-0.25, -0.2) is 0 Å². The molecule has 92 valence electrons. The Morgan fingerprint density at radius 2 is 2.12 bits per heavy atom. The molecule has 0 aromatic heterocycles. The van der Waals surface area contributed by atoms with Crippen molar-refractivity contribution < 1.29 is 9.53 Å². The molecule has 1 aliphatic rings. The van der Waals surface area contributed by atoms with Gasteiger partial charge in [0.1, 0.15) is 11.4 Å². The van der Waals surface area contributed by atoms with Crippen molar-refractivity contribution in [2.24, 2.45) is 0 Å². The molecule has 1 aliphatic heterocycles. The molecule has 17 heavy (non-hydrogen) atoms. The smallest absolute Gasteiger partial charge is 0.270 e. The number of rotatable bonds is 2. The van der Waals surface area contributed by atoms with Crippen molar-refractivity contribution in [2.75, 3.05) is 17.2 Å². The highest BCUT2D eigenvalue weighted by molar-refractivity contribution is 6.04. The van der Waals surface area contributed by atoms with Crippen LogP contribution in [-0.4, -0.2) is 18.1 Å². The Bertz CT molecular complexity index is 455. The van der Waals surface area contributed by atoms with Crippen LogP contribution < -0.4 is 15.4 Å². The molecule has 1 aromatic rings. The molecule has 0 atom stereocenters. The Morgan fingerprint density at radius 3 is 2.76 bits per heavy atom. The van der Waals surface area contributed by atoms with Gasteiger partial charge < -0.3 is 15.4 Å². The number of carbonyl (C=O) groups is 1. The van der Waals surface area contributed by atoms with Crippen molar-refractivity contribution in [3.63, 3.8) is 0 Å². The van der Waals surface area contributed by atoms with Crippen LogP contribution in [-0.2, 0) is 4.79 Å². The predicted molar refractivity (Wildman–Crippen MR) is 68.2 cm³/mol. The van der Waals surface area contributed by atoms with Crippen LogP contribution in [0.2, 0.25) is 0 Å². The number of para-hydroxylation sites is 1. The van der Waals surface area contributed by atoms with Gasteiger partial charge in [0.2, 0.25) is 0 Å². The number of hydrogen-bond donors (Lipinski definition) is 1. The van der Waals surface area contributed by atoms with E-state index < -0.39 is 5.60 Å². The van der Waals surface area contributed by atoms with Gasteiger partial charge in [-0.3, -0.25) is 4.79 Å². The fourth-order valence-corrected chi connectivity index (χ4v) is 2.09. The van der Waals surface area contributed by atoms with Crippen LogP contribution in [0.1, 0.15) is 27.2 Å². The molecule has 0 saturated carbocycles. The Morgan fingerprint density at radius 1 is 1.41 bits per heavy atom. The van der Waals surface area contributed by atoms with Gasteiger partial charge in [0, 0.05) is 6.54 Å². The third kappa shape index (κ3) is 1.84. The van der Waals surface area contributed by atoms with Crippen LogP contribution in [0.3, 0.4) is 0 Å². The first-order chi connectivity index (χ1) is 7.97. The van der Waals surface area contributed by atoms with Gasteiger partial charge in [-0.15, -0.1) is 0 Å². The monoisotopic (exact) mass is 234 g/mol. The molecule has 4 heteroatoms. The highest BCUT2D eigenvalue weighted by Gasteiger charge is 2.41. The largest absolute Gasteiger partial charge is 0.476 e. The molecular formula is C13H18N2O2. The lowest BCUT2D eigenvalue weighted by Crippen LogP contribution is -2.52. The maximum Gasteiger partial charge on any atom is 0.270 e. The van der Waals surface area contributed by atoms with Crippen LogP contribution in [0.4, 0.5) is 11.4 Å². The fraction of sp³-hybridized carbons (Fsp3) is 0.462. The summed E-state index contributed by atoms with van der Waals surface area (Å²) in [5.41, 5.74) is 6.41. The lowest BCUT2D eigenvalue weighted by molar-refractivity contribution is -0.132. The Balaban J connectivity index is 2.55. The second-order valence-corrected chi connectivity index (χ2v) is 4.76. The first-order valence-electron chi connectivity index (χ1n) is 5.87. The van der Waals surface area contributed by atoms with Gasteiger partial charge in [0.15, 0.2) is 5.60 Å². The molecule has 0 fully saturated rings. The molecule has 2 rings (SSSR count). The molecule has 1 aromatic carbocycles. The summed E-state index contributed by atoms with van der Waals surface area (Å²) in [7, 11) is 0. The van der Waals surface area contributed by atoms with E-state index in [1.165, 1.54) is 0 Å². The number of fused-ring (bicyclic) bond motifs is 1. The molecule has 0 radical (unpaired) electrons. The number of amides is 1. The lowest BCUT2D eigenvalue weighted by atomic mass is 10.0. The van der Waals surface area contributed by atoms with Crippen LogP contribution >= 0.6 is 0 Å². The van der Waals surface area contributed by atoms with Gasteiger partial charge in [-0.05, 0) is 32.4 Å². The van der Waals surface area contributed by atoms with E-state index in [1.54, 1.807) is 24.8 Å². The molecule has 0 unspecified atom stereocenters. The maximum absolute atomic E-state index is 12.3. The normalized spacial score (nSPS) is 17.6. The van der Waals surface area contributed by atoms with E-state index >= 15 is 0 Å². The van der Waals surface area contributed by atoms with Crippen LogP contribution in [0.15, 0.2) is 18.2 Å². The number of anilines is 2. The summed E-state index contributed by atoms with van der Waals surface area (Å²) in [6.07, 6.45) is 0.885. The van der Waals surface area contributed by atoms with E-state index in [4.69, 9.17) is 10.5 Å². The van der Waals surface area contributed by atoms with Gasteiger partial charge in [-0.1, -0.05) is 13.0 Å². The fourth-order valence-electron chi connectivity index (χ4n) is 2.09. The average molecular weight is 234 g/mol. The zero-order valence-electron chi connectivity index (χ0n) is 10.5. The number of nitrogens with two attached hydrogens (primary N) is 1. The molecule has 1 amide bonds. The Hall–Kier alpha value is -1.71. The van der Waals surface area contributed by atoms with E-state index in [-0.39, 0.29) is 5.91 Å². The number of nitrogens with zero attached hydrogens (tertiary/aromatic N) is 1. The molecule has 0 spiro atoms. The highest BCUT2D eigenvalue weighted by Crippen LogP contribution is 2.41. The molecule has 4 nitrogen and oxygen atoms in total. The van der Waals surface area contributed by atoms with Gasteiger partial charge in [0.25, 0.3) is 5.91 Å². The van der Waals surface area contributed by atoms with E-state index in [1.807, 2.05) is 19.1 Å². The van der Waals surface area contributed by atoms with Crippen LogP contribution in [0.5, 0.6) is 5.75 Å². The lowest BCUT2D eigenvalue weighted by Gasteiger charge is -2.39. The molecular weight excluding hydrogens is 216 g/mol. The first-order valence-corrected chi connectivity index (χ1v) is 5.87. The minimum absolute atomic E-state index is 0.0373. The second kappa shape index (κ2) is 3.95. The summed E-state index contributed by atoms with van der Waals surface area (Å²) in [5, 5.41) is 0. The third-order valence-corrected chi connectivity index (χ3v) is 2.87. The molecule has 1 heterocycles. The predicted octanol–water partition coefficient (Wildman–Crippen LogP) is 2.18. The molecule has 0 aliphatic carbocycles. The van der Waals surface area contributed by atoms with Crippen molar-refractivity contribution in [3.8, 4) is 5.75 Å². The number of benzene rings is 1. The van der Waals surface area contributed by atoms with E-state index in [0.717, 1.165) is 6.42 Å². The van der Waals surface area contributed by atoms with Gasteiger partial charge >= 0.3 is 0 Å². The highest BCUT2D eigenvalue weighted by atomic mass is 16.5. The summed E-state index contributed by atoms with van der Waals surface area (Å²) in [5.74, 6) is 0.646. The SMILES string of the molecule is CCCN1C(=O)C(C)(C)Oc2cccc(N)c21. The Labute approximate surface area is 101 Å². The minimum atomic E-state index is -0.823. The van der Waals surface area contributed by atoms with E-state index in [9.17, 15) is 4.79 Å². The number of nitrogen functional groups attached to an aromatic ring is 1. The number of carbonyl (C=O) groups excluding carboxylic acids is 1. The van der Waals surface area contributed by atoms with Crippen LogP contribution in [0, 0.1) is 0 Å². The standard InChI is InChI=1S/C13H18N2O2/c1-4-8-15-11-9(14)6-5-7-10(11)17-13(2,3)12(15)16/h5-7H,4,8,14H2,1-3H3. The molecule has 2 N–H and O–H groups in total. The van der Waals surface area contributed by atoms with E-state index in [0.29, 0.717) is 23.7 Å². The van der Waals surface area contributed by atoms with Crippen LogP contribution in [0.25, 0.3) is 0 Å². The number of ether oxygens (including phenoxy) is 1. The third-order valence-electron chi connectivity index (χ3n) is 2.87. The maximum atomic E-state index is 12.3. The average Bonchev–Trinajstić information content (AvgIpc) is 2.24. The van der Waals surface area contributed by atoms with E-state index in [2.05, 4.69) is 0 Å². The molecule has 0 bridgehead atoms. The van der Waals surface area contributed by atoms with Crippen molar-refractivity contribution in [2.45, 2.75) is 32.8 Å². The number of hydrogen-bond acceptors (Lipinski definition) is 3. The summed E-state index contributed by atoms with van der Waals surface area (Å²) < 4.78 is 5.72. The Kier molecular flexibility index (Phi) is 2.73. The zero-order valence-corrected chi connectivity index (χ0v) is 10.5. The van der Waals surface area contributed by atoms with Crippen molar-refractivity contribution in [1.29, 1.82) is 0 Å². The topological polar surface area (TPSA) is 55.6 Å². The molecule has 0 saturated heterocycles. The van der Waals surface area contributed by atoms with Gasteiger partial charge in [-0.2, -0.15) is 0 Å². The summed E-state index contributed by atoms with van der Waals surface area (Å²) >= 11 is 0. The van der Waals surface area contributed by atoms with Crippen molar-refractivity contribution in [1.82, 2.24) is 0 Å². The first kappa shape index (κ1) is 11.8. The van der Waals surface area contributed by atoms with Crippen molar-refractivity contribution in [3.05, 3.63) is 18.2 Å². The summed E-state index contributed by atoms with van der Waals surface area (Å²) in [6.45, 7) is 6.26. The van der Waals surface area contributed by atoms with Crippen molar-refractivity contribution >= 4 is 17.3 Å². The zero-order chi connectivity index (χ0) is 12.6. The second-order valence-electron chi connectivity index (χ2n) is 4.76. The van der Waals surface area contributed by atoms with Gasteiger partial charge in [0.05, 0.1) is 5.69 Å². The summed E-state index contributed by atoms with van der Waals surface area (Å²) in [4.78, 5) is 14.0.